The van der Waals surface area contributed by atoms with Crippen molar-refractivity contribution in [2.24, 2.45) is 0 Å². The molecule has 2 N–H and O–H groups in total. The molecule has 0 saturated heterocycles. The molecule has 3 aromatic heterocycles. The number of rotatable bonds is 2. The van der Waals surface area contributed by atoms with Crippen LogP contribution in [-0.4, -0.2) is 20.1 Å². The second-order valence-corrected chi connectivity index (χ2v) is 7.17. The predicted octanol–water partition coefficient (Wildman–Crippen LogP) is 4.79. The number of hydrogen-bond acceptors (Lipinski definition) is 4. The Hall–Kier alpha value is -3.74. The van der Waals surface area contributed by atoms with Gasteiger partial charge in [-0.05, 0) is 61.7 Å². The summed E-state index contributed by atoms with van der Waals surface area (Å²) >= 11 is 0. The molecule has 29 heavy (non-hydrogen) atoms. The minimum atomic E-state index is -0.373. The van der Waals surface area contributed by atoms with E-state index in [0.29, 0.717) is 27.7 Å². The van der Waals surface area contributed by atoms with E-state index < -0.39 is 0 Å². The Morgan fingerprint density at radius 2 is 1.90 bits per heavy atom. The lowest BCUT2D eigenvalue weighted by atomic mass is 9.91. The van der Waals surface area contributed by atoms with Crippen LogP contribution in [0.3, 0.4) is 0 Å². The topological polar surface area (TPSA) is 87.6 Å². The molecule has 7 heteroatoms. The molecular formula is C22H17FN4O2. The number of benzene rings is 2. The minimum absolute atomic E-state index is 0.293. The van der Waals surface area contributed by atoms with Crippen molar-refractivity contribution in [2.45, 2.75) is 20.8 Å². The highest BCUT2D eigenvalue weighted by molar-refractivity contribution is 6.05. The summed E-state index contributed by atoms with van der Waals surface area (Å²) in [5.74, 6) is 0.315. The van der Waals surface area contributed by atoms with Crippen molar-refractivity contribution < 1.29 is 8.91 Å². The number of hydrogen-bond donors (Lipinski definition) is 2. The van der Waals surface area contributed by atoms with Gasteiger partial charge in [0.1, 0.15) is 17.1 Å². The van der Waals surface area contributed by atoms with Crippen molar-refractivity contribution in [1.82, 2.24) is 20.1 Å². The maximum Gasteiger partial charge on any atom is 0.323 e. The summed E-state index contributed by atoms with van der Waals surface area (Å²) in [6, 6.07) is 8.96. The number of H-pyrrole nitrogens is 2. The zero-order valence-corrected chi connectivity index (χ0v) is 16.1. The van der Waals surface area contributed by atoms with Crippen LogP contribution in [0.25, 0.3) is 44.2 Å². The molecule has 5 rings (SSSR count). The molecule has 5 aromatic rings. The third-order valence-corrected chi connectivity index (χ3v) is 5.26. The molecule has 144 valence electrons. The molecule has 0 fully saturated rings. The molecule has 6 nitrogen and oxygen atoms in total. The van der Waals surface area contributed by atoms with Crippen LogP contribution in [0.1, 0.15) is 17.0 Å². The summed E-state index contributed by atoms with van der Waals surface area (Å²) in [5.41, 5.74) is 6.15. The Labute approximate surface area is 164 Å². The number of imidazole rings is 1. The Balaban J connectivity index is 1.94. The first-order valence-electron chi connectivity index (χ1n) is 9.17. The summed E-state index contributed by atoms with van der Waals surface area (Å²) in [6.07, 6.45) is 1.57. The van der Waals surface area contributed by atoms with E-state index in [1.807, 2.05) is 39.0 Å². The number of aryl methyl sites for hydroxylation is 3. The highest BCUT2D eigenvalue weighted by atomic mass is 19.1. The molecular weight excluding hydrogens is 371 g/mol. The molecule has 3 heterocycles. The second kappa shape index (κ2) is 6.13. The molecule has 0 spiro atoms. The van der Waals surface area contributed by atoms with E-state index >= 15 is 0 Å². The van der Waals surface area contributed by atoms with Crippen LogP contribution >= 0.6 is 0 Å². The number of aromatic nitrogens is 4. The average molecular weight is 388 g/mol. The molecule has 0 radical (unpaired) electrons. The van der Waals surface area contributed by atoms with Gasteiger partial charge in [-0.3, -0.25) is 4.98 Å². The summed E-state index contributed by atoms with van der Waals surface area (Å²) in [6.45, 7) is 5.57. The van der Waals surface area contributed by atoms with Crippen molar-refractivity contribution in [3.05, 3.63) is 69.8 Å². The number of halogens is 1. The molecule has 0 aliphatic rings. The fraction of sp³-hybridized carbons (Fsp3) is 0.136. The normalized spacial score (nSPS) is 11.6. The number of fused-ring (bicyclic) bond motifs is 2. The van der Waals surface area contributed by atoms with Crippen LogP contribution in [0.5, 0.6) is 0 Å². The smallest absolute Gasteiger partial charge is 0.323 e. The third kappa shape index (κ3) is 2.58. The maximum atomic E-state index is 14.5. The van der Waals surface area contributed by atoms with E-state index in [-0.39, 0.29) is 11.5 Å². The maximum absolute atomic E-state index is 14.5. The van der Waals surface area contributed by atoms with E-state index in [0.717, 1.165) is 33.5 Å². The van der Waals surface area contributed by atoms with Gasteiger partial charge in [0, 0.05) is 22.7 Å². The highest BCUT2D eigenvalue weighted by Gasteiger charge is 2.19. The Morgan fingerprint density at radius 3 is 2.66 bits per heavy atom. The predicted molar refractivity (Wildman–Crippen MR) is 109 cm³/mol. The fourth-order valence-corrected chi connectivity index (χ4v) is 4.08. The Morgan fingerprint density at radius 1 is 1.07 bits per heavy atom. The van der Waals surface area contributed by atoms with Crippen LogP contribution in [0.15, 0.2) is 45.8 Å². The van der Waals surface area contributed by atoms with Gasteiger partial charge in [-0.25, -0.2) is 9.18 Å². The highest BCUT2D eigenvalue weighted by Crippen LogP contribution is 2.39. The fourth-order valence-electron chi connectivity index (χ4n) is 4.08. The van der Waals surface area contributed by atoms with Gasteiger partial charge >= 0.3 is 5.69 Å². The van der Waals surface area contributed by atoms with Gasteiger partial charge in [-0.1, -0.05) is 11.2 Å². The van der Waals surface area contributed by atoms with Crippen molar-refractivity contribution in [2.75, 3.05) is 0 Å². The van der Waals surface area contributed by atoms with Crippen molar-refractivity contribution in [1.29, 1.82) is 0 Å². The first-order valence-corrected chi connectivity index (χ1v) is 9.17. The van der Waals surface area contributed by atoms with Crippen LogP contribution in [0.2, 0.25) is 0 Å². The van der Waals surface area contributed by atoms with Crippen molar-refractivity contribution in [3.8, 4) is 22.3 Å². The zero-order valence-electron chi connectivity index (χ0n) is 16.1. The molecule has 0 saturated carbocycles. The number of aromatic amines is 2. The van der Waals surface area contributed by atoms with E-state index in [1.54, 1.807) is 12.3 Å². The van der Waals surface area contributed by atoms with Crippen LogP contribution < -0.4 is 5.69 Å². The first kappa shape index (κ1) is 17.4. The second-order valence-electron chi connectivity index (χ2n) is 7.17. The Kier molecular flexibility index (Phi) is 3.67. The summed E-state index contributed by atoms with van der Waals surface area (Å²) in [5, 5.41) is 4.73. The largest absolute Gasteiger partial charge is 0.361 e. The van der Waals surface area contributed by atoms with E-state index in [9.17, 15) is 9.18 Å². The quantitative estimate of drug-likeness (QED) is 0.455. The van der Waals surface area contributed by atoms with E-state index in [4.69, 9.17) is 4.52 Å². The van der Waals surface area contributed by atoms with Gasteiger partial charge in [-0.2, -0.15) is 0 Å². The molecule has 0 aliphatic carbocycles. The lowest BCUT2D eigenvalue weighted by Crippen LogP contribution is -1.99. The number of pyridine rings is 1. The lowest BCUT2D eigenvalue weighted by molar-refractivity contribution is 0.393. The van der Waals surface area contributed by atoms with Gasteiger partial charge in [0.2, 0.25) is 0 Å². The van der Waals surface area contributed by atoms with E-state index in [1.165, 1.54) is 6.07 Å². The van der Waals surface area contributed by atoms with Gasteiger partial charge in [-0.15, -0.1) is 0 Å². The van der Waals surface area contributed by atoms with E-state index in [2.05, 4.69) is 20.1 Å². The molecule has 0 amide bonds. The zero-order chi connectivity index (χ0) is 20.3. The van der Waals surface area contributed by atoms with Gasteiger partial charge in [0.15, 0.2) is 0 Å². The minimum Gasteiger partial charge on any atom is -0.361 e. The van der Waals surface area contributed by atoms with Crippen molar-refractivity contribution >= 4 is 21.9 Å². The van der Waals surface area contributed by atoms with Crippen LogP contribution in [-0.2, 0) is 0 Å². The van der Waals surface area contributed by atoms with Gasteiger partial charge < -0.3 is 14.5 Å². The van der Waals surface area contributed by atoms with Crippen molar-refractivity contribution in [3.63, 3.8) is 0 Å². The summed E-state index contributed by atoms with van der Waals surface area (Å²) < 4.78 is 19.9. The summed E-state index contributed by atoms with van der Waals surface area (Å²) in [4.78, 5) is 22.0. The average Bonchev–Trinajstić information content (AvgIpc) is 3.22. The third-order valence-electron chi connectivity index (χ3n) is 5.26. The number of nitrogens with zero attached hydrogens (tertiary/aromatic N) is 2. The molecule has 2 aromatic carbocycles. The lowest BCUT2D eigenvalue weighted by Gasteiger charge is -2.14. The number of nitrogens with one attached hydrogen (secondary N) is 2. The van der Waals surface area contributed by atoms with Gasteiger partial charge in [0.05, 0.1) is 16.7 Å². The SMILES string of the molecule is Cc1cc(F)c2ncccc2c1-c1cc(-c2c(C)noc2C)cc2[nH]c(=O)[nH]c12. The van der Waals surface area contributed by atoms with Crippen LogP contribution in [0, 0.1) is 26.6 Å². The van der Waals surface area contributed by atoms with Gasteiger partial charge in [0.25, 0.3) is 0 Å². The standard InChI is InChI=1S/C22H17FN4O2/c1-10-7-16(23)20-14(5-4-6-24-20)18(10)15-8-13(19-11(2)27-29-12(19)3)9-17-21(15)26-22(28)25-17/h4-9H,1-3H3,(H2,25,26,28). The molecule has 0 unspecified atom stereocenters. The van der Waals surface area contributed by atoms with Crippen LogP contribution in [0.4, 0.5) is 4.39 Å². The molecule has 0 atom stereocenters. The molecule has 0 bridgehead atoms. The molecule has 0 aliphatic heterocycles. The monoisotopic (exact) mass is 388 g/mol. The Bertz CT molecular complexity index is 1460. The first-order chi connectivity index (χ1) is 13.9. The summed E-state index contributed by atoms with van der Waals surface area (Å²) in [7, 11) is 0.